The van der Waals surface area contributed by atoms with Gasteiger partial charge in [-0.3, -0.25) is 10.1 Å². The summed E-state index contributed by atoms with van der Waals surface area (Å²) in [6.45, 7) is 5.85. The number of nitrogens with zero attached hydrogens (tertiary/aromatic N) is 2. The van der Waals surface area contributed by atoms with Gasteiger partial charge in [-0.1, -0.05) is 65.8 Å². The summed E-state index contributed by atoms with van der Waals surface area (Å²) < 4.78 is 5.07. The van der Waals surface area contributed by atoms with Gasteiger partial charge in [0.2, 0.25) is 5.91 Å². The van der Waals surface area contributed by atoms with Crippen molar-refractivity contribution in [3.05, 3.63) is 88.6 Å². The highest BCUT2D eigenvalue weighted by atomic mass is 32.1. The lowest BCUT2D eigenvalue weighted by molar-refractivity contribution is -0.118. The highest BCUT2D eigenvalue weighted by Crippen LogP contribution is 2.33. The van der Waals surface area contributed by atoms with Crippen LogP contribution in [0.25, 0.3) is 10.6 Å². The smallest absolute Gasteiger partial charge is 0.247 e. The van der Waals surface area contributed by atoms with Gasteiger partial charge < -0.3 is 9.84 Å². The molecule has 7 heteroatoms. The second-order valence-electron chi connectivity index (χ2n) is 7.38. The van der Waals surface area contributed by atoms with E-state index in [0.717, 1.165) is 26.7 Å². The Kier molecular flexibility index (Phi) is 6.25. The molecular weight excluding hydrogens is 408 g/mol. The van der Waals surface area contributed by atoms with E-state index in [0.29, 0.717) is 11.6 Å². The van der Waals surface area contributed by atoms with E-state index >= 15 is 0 Å². The van der Waals surface area contributed by atoms with Crippen molar-refractivity contribution in [3.63, 3.8) is 0 Å². The minimum Gasteiger partial charge on any atom is -0.360 e. The molecule has 2 unspecified atom stereocenters. The number of rotatable bonds is 7. The van der Waals surface area contributed by atoms with Gasteiger partial charge in [0.25, 0.3) is 0 Å². The van der Waals surface area contributed by atoms with Crippen LogP contribution in [0.3, 0.4) is 0 Å². The van der Waals surface area contributed by atoms with Gasteiger partial charge >= 0.3 is 0 Å². The maximum atomic E-state index is 13.1. The van der Waals surface area contributed by atoms with E-state index in [1.54, 1.807) is 24.3 Å². The summed E-state index contributed by atoms with van der Waals surface area (Å²) in [5.74, 6) is 0.844. The lowest BCUT2D eigenvalue weighted by atomic mass is 10.0. The van der Waals surface area contributed by atoms with E-state index in [-0.39, 0.29) is 11.9 Å². The molecule has 2 aromatic heterocycles. The molecule has 0 fully saturated rings. The fraction of sp³-hybridized carbons (Fsp3) is 0.208. The van der Waals surface area contributed by atoms with Gasteiger partial charge in [-0.15, -0.1) is 11.3 Å². The number of aromatic nitrogens is 2. The zero-order valence-electron chi connectivity index (χ0n) is 17.6. The van der Waals surface area contributed by atoms with Gasteiger partial charge in [0.05, 0.1) is 5.69 Å². The Labute approximate surface area is 185 Å². The Morgan fingerprint density at radius 2 is 1.71 bits per heavy atom. The molecule has 0 radical (unpaired) electrons. The molecule has 4 aromatic rings. The topological polar surface area (TPSA) is 80.0 Å². The molecule has 0 aliphatic heterocycles. The minimum atomic E-state index is -0.560. The summed E-state index contributed by atoms with van der Waals surface area (Å²) in [5, 5.41) is 11.2. The normalized spacial score (nSPS) is 13.0. The molecule has 2 N–H and O–H groups in total. The van der Waals surface area contributed by atoms with Crippen LogP contribution in [0.2, 0.25) is 0 Å². The van der Waals surface area contributed by atoms with Crippen molar-refractivity contribution in [1.82, 2.24) is 15.5 Å². The first kappa shape index (κ1) is 21.0. The number of hydrogen-bond donors (Lipinski definition) is 2. The molecule has 0 aliphatic rings. The predicted molar refractivity (Wildman–Crippen MR) is 123 cm³/mol. The lowest BCUT2D eigenvalue weighted by Gasteiger charge is -2.22. The monoisotopic (exact) mass is 432 g/mol. The number of amides is 1. The quantitative estimate of drug-likeness (QED) is 0.406. The average molecular weight is 433 g/mol. The van der Waals surface area contributed by atoms with E-state index in [2.05, 4.69) is 34.8 Å². The van der Waals surface area contributed by atoms with Crippen molar-refractivity contribution in [2.24, 2.45) is 0 Å². The van der Waals surface area contributed by atoms with Crippen molar-refractivity contribution in [2.45, 2.75) is 32.9 Å². The van der Waals surface area contributed by atoms with Crippen LogP contribution in [0, 0.1) is 13.8 Å². The molecule has 0 saturated heterocycles. The zero-order chi connectivity index (χ0) is 21.8. The van der Waals surface area contributed by atoms with Crippen molar-refractivity contribution >= 4 is 23.1 Å². The summed E-state index contributed by atoms with van der Waals surface area (Å²) in [6, 6.07) is 20.8. The first-order valence-corrected chi connectivity index (χ1v) is 10.9. The summed E-state index contributed by atoms with van der Waals surface area (Å²) in [6.07, 6.45) is 0. The third kappa shape index (κ3) is 4.90. The first-order valence-electron chi connectivity index (χ1n) is 10.1. The highest BCUT2D eigenvalue weighted by Gasteiger charge is 2.25. The van der Waals surface area contributed by atoms with E-state index in [9.17, 15) is 4.79 Å². The maximum Gasteiger partial charge on any atom is 0.247 e. The lowest BCUT2D eigenvalue weighted by Crippen LogP contribution is -2.34. The fourth-order valence-electron chi connectivity index (χ4n) is 3.43. The molecule has 0 bridgehead atoms. The number of carbonyl (C=O) groups excluding carboxylic acids is 1. The average Bonchev–Trinajstić information content (AvgIpc) is 3.38. The van der Waals surface area contributed by atoms with Crippen molar-refractivity contribution in [3.8, 4) is 10.6 Å². The predicted octanol–water partition coefficient (Wildman–Crippen LogP) is 5.45. The van der Waals surface area contributed by atoms with Crippen molar-refractivity contribution in [2.75, 3.05) is 5.32 Å². The molecule has 31 heavy (non-hydrogen) atoms. The molecule has 158 valence electrons. The molecule has 2 aromatic carbocycles. The summed E-state index contributed by atoms with van der Waals surface area (Å²) in [4.78, 5) is 19.0. The molecule has 0 saturated carbocycles. The van der Waals surface area contributed by atoms with E-state index in [1.165, 1.54) is 0 Å². The third-order valence-electron chi connectivity index (χ3n) is 4.94. The molecule has 6 nitrogen and oxygen atoms in total. The third-order valence-corrected chi connectivity index (χ3v) is 6.33. The summed E-state index contributed by atoms with van der Waals surface area (Å²) in [7, 11) is 0. The van der Waals surface area contributed by atoms with Crippen LogP contribution in [0.5, 0.6) is 0 Å². The number of aryl methyl sites for hydroxylation is 2. The Balaban J connectivity index is 1.58. The van der Waals surface area contributed by atoms with Crippen LogP contribution in [0.4, 0.5) is 5.82 Å². The largest absolute Gasteiger partial charge is 0.360 e. The van der Waals surface area contributed by atoms with Crippen LogP contribution < -0.4 is 10.6 Å². The number of nitrogens with one attached hydrogen (secondary N) is 2. The van der Waals surface area contributed by atoms with Crippen molar-refractivity contribution < 1.29 is 9.32 Å². The second-order valence-corrected chi connectivity index (χ2v) is 8.41. The molecular formula is C24H24N4O2S. The van der Waals surface area contributed by atoms with Crippen LogP contribution in [0.15, 0.2) is 71.3 Å². The first-order chi connectivity index (χ1) is 15.0. The molecule has 2 heterocycles. The van der Waals surface area contributed by atoms with Crippen LogP contribution >= 0.6 is 11.3 Å². The molecule has 0 aliphatic carbocycles. The van der Waals surface area contributed by atoms with Gasteiger partial charge in [-0.2, -0.15) is 0 Å². The Morgan fingerprint density at radius 1 is 1.03 bits per heavy atom. The summed E-state index contributed by atoms with van der Waals surface area (Å²) in [5.41, 5.74) is 2.92. The van der Waals surface area contributed by atoms with Gasteiger partial charge in [0.15, 0.2) is 5.82 Å². The Bertz CT molecular complexity index is 1150. The number of benzene rings is 2. The Morgan fingerprint density at radius 3 is 2.35 bits per heavy atom. The number of thiazole rings is 1. The molecule has 0 spiro atoms. The van der Waals surface area contributed by atoms with Crippen LogP contribution in [-0.4, -0.2) is 16.0 Å². The maximum absolute atomic E-state index is 13.1. The van der Waals surface area contributed by atoms with E-state index in [4.69, 9.17) is 9.51 Å². The highest BCUT2D eigenvalue weighted by molar-refractivity contribution is 7.15. The SMILES string of the molecule is Cc1cc(NC(=O)C(NC(C)c2sc(-c3ccccc3)nc2C)c2ccccc2)no1. The zero-order valence-corrected chi connectivity index (χ0v) is 18.4. The second kappa shape index (κ2) is 9.24. The number of carbonyl (C=O) groups is 1. The van der Waals surface area contributed by atoms with Gasteiger partial charge in [-0.05, 0) is 26.3 Å². The Hall–Kier alpha value is -3.29. The standard InChI is InChI=1S/C24H24N4O2S/c1-15-14-20(28-30-15)27-23(29)21(18-10-6-4-7-11-18)25-16(2)22-17(3)26-24(31-22)19-12-8-5-9-13-19/h4-14,16,21,25H,1-3H3,(H,27,28,29). The fourth-order valence-corrected chi connectivity index (χ4v) is 4.52. The molecule has 4 rings (SSSR count). The van der Waals surface area contributed by atoms with Gasteiger partial charge in [0.1, 0.15) is 16.8 Å². The number of anilines is 1. The minimum absolute atomic E-state index is 0.0787. The van der Waals surface area contributed by atoms with Crippen LogP contribution in [-0.2, 0) is 4.79 Å². The number of hydrogen-bond acceptors (Lipinski definition) is 6. The molecule has 2 atom stereocenters. The summed E-state index contributed by atoms with van der Waals surface area (Å²) >= 11 is 1.64. The van der Waals surface area contributed by atoms with Gasteiger partial charge in [-0.25, -0.2) is 4.98 Å². The van der Waals surface area contributed by atoms with Crippen LogP contribution in [0.1, 0.15) is 40.9 Å². The van der Waals surface area contributed by atoms with Gasteiger partial charge in [0, 0.05) is 22.5 Å². The molecule has 1 amide bonds. The van der Waals surface area contributed by atoms with E-state index < -0.39 is 6.04 Å². The van der Waals surface area contributed by atoms with Crippen molar-refractivity contribution in [1.29, 1.82) is 0 Å². The van der Waals surface area contributed by atoms with E-state index in [1.807, 2.05) is 55.5 Å².